The Morgan fingerprint density at radius 3 is 2.54 bits per heavy atom. The van der Waals surface area contributed by atoms with Crippen LogP contribution in [0.2, 0.25) is 0 Å². The number of hydrogen-bond acceptors (Lipinski definition) is 7. The largest absolute Gasteiger partial charge is 0.573 e. The van der Waals surface area contributed by atoms with E-state index in [4.69, 9.17) is 9.15 Å². The highest BCUT2D eigenvalue weighted by atomic mass is 19.4. The highest BCUT2D eigenvalue weighted by Crippen LogP contribution is 2.40. The van der Waals surface area contributed by atoms with E-state index in [1.807, 2.05) is 0 Å². The zero-order valence-electron chi connectivity index (χ0n) is 19.5. The van der Waals surface area contributed by atoms with Crippen molar-refractivity contribution in [3.8, 4) is 17.0 Å². The molecule has 12 heteroatoms. The average molecular weight is 496 g/mol. The van der Waals surface area contributed by atoms with Crippen LogP contribution in [0.3, 0.4) is 0 Å². The van der Waals surface area contributed by atoms with Crippen molar-refractivity contribution in [3.05, 3.63) is 36.3 Å². The summed E-state index contributed by atoms with van der Waals surface area (Å²) in [7, 11) is 0. The van der Waals surface area contributed by atoms with Gasteiger partial charge in [0.05, 0.1) is 5.69 Å². The molecule has 0 bridgehead atoms. The lowest BCUT2D eigenvalue weighted by Crippen LogP contribution is -2.54. The van der Waals surface area contributed by atoms with E-state index < -0.39 is 35.1 Å². The number of oxazole rings is 1. The fourth-order valence-corrected chi connectivity index (χ4v) is 3.80. The lowest BCUT2D eigenvalue weighted by molar-refractivity contribution is -0.275. The molecule has 8 nitrogen and oxygen atoms in total. The number of pyridine rings is 1. The molecule has 0 saturated carbocycles. The lowest BCUT2D eigenvalue weighted by atomic mass is 10.1. The summed E-state index contributed by atoms with van der Waals surface area (Å²) < 4.78 is 69.1. The van der Waals surface area contributed by atoms with Gasteiger partial charge in [-0.2, -0.15) is 4.98 Å². The molecular formula is C23H24F4N4O4. The fraction of sp³-hybridized carbons (Fsp3) is 0.435. The highest BCUT2D eigenvalue weighted by Gasteiger charge is 2.37. The number of halogens is 4. The molecule has 1 atom stereocenters. The van der Waals surface area contributed by atoms with E-state index in [0.29, 0.717) is 5.69 Å². The predicted octanol–water partition coefficient (Wildman–Crippen LogP) is 5.37. The Labute approximate surface area is 198 Å². The van der Waals surface area contributed by atoms with Crippen LogP contribution in [0, 0.1) is 5.82 Å². The molecule has 1 aromatic carbocycles. The van der Waals surface area contributed by atoms with Gasteiger partial charge in [-0.1, -0.05) is 6.07 Å². The molecular weight excluding hydrogens is 472 g/mol. The zero-order chi connectivity index (χ0) is 25.5. The molecule has 35 heavy (non-hydrogen) atoms. The summed E-state index contributed by atoms with van der Waals surface area (Å²) in [6.45, 7) is 7.90. The minimum absolute atomic E-state index is 0.0221. The molecule has 1 aliphatic rings. The van der Waals surface area contributed by atoms with Gasteiger partial charge >= 0.3 is 12.5 Å². The number of benzene rings is 1. The van der Waals surface area contributed by atoms with E-state index in [1.54, 1.807) is 50.8 Å². The second-order valence-corrected chi connectivity index (χ2v) is 9.14. The maximum Gasteiger partial charge on any atom is 0.573 e. The minimum atomic E-state index is -5.13. The monoisotopic (exact) mass is 496 g/mol. The SMILES string of the molecule is C[C@H]1CN(C(=O)OC(C)(C)C)CCN1c1nc2c(OC(F)(F)F)c(F)cc(-c3ccccn3)c2o1. The van der Waals surface area contributed by atoms with Crippen molar-refractivity contribution in [1.29, 1.82) is 0 Å². The number of hydrogen-bond donors (Lipinski definition) is 0. The number of ether oxygens (including phenoxy) is 2. The van der Waals surface area contributed by atoms with Gasteiger partial charge in [-0.25, -0.2) is 9.18 Å². The van der Waals surface area contributed by atoms with Gasteiger partial charge in [0.1, 0.15) is 5.60 Å². The molecule has 0 spiro atoms. The van der Waals surface area contributed by atoms with Crippen molar-refractivity contribution in [3.63, 3.8) is 0 Å². The summed E-state index contributed by atoms with van der Waals surface area (Å²) in [4.78, 5) is 24.0. The van der Waals surface area contributed by atoms with Gasteiger partial charge in [0.25, 0.3) is 6.01 Å². The predicted molar refractivity (Wildman–Crippen MR) is 118 cm³/mol. The van der Waals surface area contributed by atoms with E-state index in [-0.39, 0.29) is 42.8 Å². The van der Waals surface area contributed by atoms with Crippen molar-refractivity contribution in [2.45, 2.75) is 45.7 Å². The number of fused-ring (bicyclic) bond motifs is 1. The molecule has 4 rings (SSSR count). The summed E-state index contributed by atoms with van der Waals surface area (Å²) in [5.74, 6) is -2.33. The second kappa shape index (κ2) is 8.90. The summed E-state index contributed by atoms with van der Waals surface area (Å²) >= 11 is 0. The number of alkyl halides is 3. The van der Waals surface area contributed by atoms with E-state index in [9.17, 15) is 22.4 Å². The first kappa shape index (κ1) is 24.6. The number of aromatic nitrogens is 2. The second-order valence-electron chi connectivity index (χ2n) is 9.14. The van der Waals surface area contributed by atoms with Gasteiger partial charge in [-0.15, -0.1) is 13.2 Å². The van der Waals surface area contributed by atoms with Crippen molar-refractivity contribution in [2.24, 2.45) is 0 Å². The molecule has 2 aromatic heterocycles. The third-order valence-corrected chi connectivity index (χ3v) is 5.25. The first-order chi connectivity index (χ1) is 16.3. The van der Waals surface area contributed by atoms with Crippen molar-refractivity contribution < 1.29 is 36.2 Å². The van der Waals surface area contributed by atoms with Gasteiger partial charge in [0.2, 0.25) is 0 Å². The third kappa shape index (κ3) is 5.41. The third-order valence-electron chi connectivity index (χ3n) is 5.25. The number of anilines is 1. The Morgan fingerprint density at radius 1 is 1.20 bits per heavy atom. The van der Waals surface area contributed by atoms with Gasteiger partial charge in [-0.3, -0.25) is 4.98 Å². The topological polar surface area (TPSA) is 80.9 Å². The van der Waals surface area contributed by atoms with Crippen LogP contribution in [0.15, 0.2) is 34.9 Å². The Hall–Kier alpha value is -3.57. The molecule has 188 valence electrons. The minimum Gasteiger partial charge on any atom is -0.444 e. The van der Waals surface area contributed by atoms with Crippen LogP contribution in [0.25, 0.3) is 22.4 Å². The smallest absolute Gasteiger partial charge is 0.444 e. The Morgan fingerprint density at radius 2 is 1.94 bits per heavy atom. The maximum absolute atomic E-state index is 14.8. The highest BCUT2D eigenvalue weighted by molar-refractivity contribution is 5.94. The molecule has 1 aliphatic heterocycles. The van der Waals surface area contributed by atoms with Crippen molar-refractivity contribution in [2.75, 3.05) is 24.5 Å². The number of rotatable bonds is 3. The van der Waals surface area contributed by atoms with E-state index in [2.05, 4.69) is 14.7 Å². The molecule has 1 saturated heterocycles. The van der Waals surface area contributed by atoms with E-state index in [1.165, 1.54) is 11.1 Å². The average Bonchev–Trinajstić information content (AvgIpc) is 3.19. The van der Waals surface area contributed by atoms with Gasteiger partial charge in [-0.05, 0) is 45.9 Å². The molecule has 0 N–H and O–H groups in total. The van der Waals surface area contributed by atoms with E-state index in [0.717, 1.165) is 6.07 Å². The number of carbonyl (C=O) groups is 1. The van der Waals surface area contributed by atoms with Crippen molar-refractivity contribution in [1.82, 2.24) is 14.9 Å². The first-order valence-electron chi connectivity index (χ1n) is 10.9. The van der Waals surface area contributed by atoms with Crippen LogP contribution in [0.5, 0.6) is 5.75 Å². The number of carbonyl (C=O) groups excluding carboxylic acids is 1. The summed E-state index contributed by atoms with van der Waals surface area (Å²) in [6.07, 6.45) is -4.14. The van der Waals surface area contributed by atoms with E-state index >= 15 is 0 Å². The zero-order valence-corrected chi connectivity index (χ0v) is 19.5. The van der Waals surface area contributed by atoms with Gasteiger partial charge < -0.3 is 23.7 Å². The summed E-state index contributed by atoms with van der Waals surface area (Å²) in [6, 6.07) is 5.41. The van der Waals surface area contributed by atoms with Crippen molar-refractivity contribution >= 4 is 23.2 Å². The molecule has 3 heterocycles. The molecule has 3 aromatic rings. The normalized spacial score (nSPS) is 17.1. The molecule has 1 fully saturated rings. The van der Waals surface area contributed by atoms with Gasteiger partial charge in [0, 0.05) is 37.4 Å². The van der Waals surface area contributed by atoms with Crippen LogP contribution in [-0.2, 0) is 4.74 Å². The fourth-order valence-electron chi connectivity index (χ4n) is 3.80. The number of nitrogens with zero attached hydrogens (tertiary/aromatic N) is 4. The lowest BCUT2D eigenvalue weighted by Gasteiger charge is -2.39. The molecule has 0 radical (unpaired) electrons. The Bertz CT molecular complexity index is 1220. The molecule has 0 aliphatic carbocycles. The quantitative estimate of drug-likeness (QED) is 0.451. The molecule has 0 unspecified atom stereocenters. The first-order valence-corrected chi connectivity index (χ1v) is 10.9. The number of piperazine rings is 1. The standard InChI is InChI=1S/C23H24F4N4O4/c1-13-12-30(21(32)35-22(2,3)4)9-10-31(13)20-29-17-18(33-20)14(16-7-5-6-8-28-16)11-15(24)19(17)34-23(25,26)27/h5-8,11,13H,9-10,12H2,1-4H3/t13-/m0/s1. The Kier molecular flexibility index (Phi) is 6.24. The summed E-state index contributed by atoms with van der Waals surface area (Å²) in [5.41, 5.74) is -0.744. The number of amides is 1. The molecule has 1 amide bonds. The van der Waals surface area contributed by atoms with Crippen LogP contribution in [-0.4, -0.2) is 58.6 Å². The van der Waals surface area contributed by atoms with Crippen LogP contribution in [0.4, 0.5) is 28.4 Å². The Balaban J connectivity index is 1.71. The van der Waals surface area contributed by atoms with Crippen LogP contribution >= 0.6 is 0 Å². The van der Waals surface area contributed by atoms with Gasteiger partial charge in [0.15, 0.2) is 22.7 Å². The summed E-state index contributed by atoms with van der Waals surface area (Å²) in [5, 5.41) is 0. The van der Waals surface area contributed by atoms with Crippen LogP contribution in [0.1, 0.15) is 27.7 Å². The maximum atomic E-state index is 14.8. The van der Waals surface area contributed by atoms with Crippen LogP contribution < -0.4 is 9.64 Å².